The summed E-state index contributed by atoms with van der Waals surface area (Å²) in [6, 6.07) is 4.36. The lowest BCUT2D eigenvalue weighted by Crippen LogP contribution is -2.48. The highest BCUT2D eigenvalue weighted by Gasteiger charge is 2.38. The summed E-state index contributed by atoms with van der Waals surface area (Å²) in [5.74, 6) is -0.964. The number of carbonyl (C=O) groups excluding carboxylic acids is 2. The first-order valence-corrected chi connectivity index (χ1v) is 9.82. The fraction of sp³-hybridized carbons (Fsp3) is 0.500. The molecule has 0 unspecified atom stereocenters. The summed E-state index contributed by atoms with van der Waals surface area (Å²) < 4.78 is 1.47. The van der Waals surface area contributed by atoms with Crippen LogP contribution in [0.1, 0.15) is 38.2 Å². The lowest BCUT2D eigenvalue weighted by molar-refractivity contribution is -0.187. The lowest BCUT2D eigenvalue weighted by Gasteiger charge is -2.24. The van der Waals surface area contributed by atoms with Crippen LogP contribution in [0.2, 0.25) is 5.02 Å². The molecule has 2 atom stereocenters. The number of aliphatic hydroxyl groups excluding tert-OH is 1. The van der Waals surface area contributed by atoms with Gasteiger partial charge in [0.15, 0.2) is 0 Å². The van der Waals surface area contributed by atoms with Crippen LogP contribution in [0, 0.1) is 0 Å². The average molecular weight is 423 g/mol. The Kier molecular flexibility index (Phi) is 7.13. The smallest absolute Gasteiger partial charge is 0.275 e. The lowest BCUT2D eigenvalue weighted by atomic mass is 10.1. The summed E-state index contributed by atoms with van der Waals surface area (Å²) >= 11 is 6.09. The van der Waals surface area contributed by atoms with Crippen molar-refractivity contribution in [3.63, 3.8) is 0 Å². The summed E-state index contributed by atoms with van der Waals surface area (Å²) in [5, 5.41) is 25.4. The topological polar surface area (TPSA) is 122 Å². The third kappa shape index (κ3) is 5.08. The summed E-state index contributed by atoms with van der Waals surface area (Å²) in [5.41, 5.74) is 1.38. The van der Waals surface area contributed by atoms with Gasteiger partial charge in [-0.3, -0.25) is 14.4 Å². The van der Waals surface area contributed by atoms with E-state index in [2.05, 4.69) is 20.8 Å². The molecule has 2 amide bonds. The van der Waals surface area contributed by atoms with Gasteiger partial charge in [-0.25, -0.2) is 9.75 Å². The van der Waals surface area contributed by atoms with Gasteiger partial charge < -0.3 is 10.4 Å². The molecule has 1 fully saturated rings. The summed E-state index contributed by atoms with van der Waals surface area (Å²) in [4.78, 5) is 30.4. The second kappa shape index (κ2) is 9.77. The molecule has 11 heteroatoms. The SMILES string of the molecule is CCCC[C@@H](O)C(=O)N1OCC[C@H]1C(=O)NCc1cc(Cl)ccc1-n1cnnn1. The van der Waals surface area contributed by atoms with Gasteiger partial charge in [-0.2, -0.15) is 0 Å². The van der Waals surface area contributed by atoms with E-state index in [9.17, 15) is 14.7 Å². The van der Waals surface area contributed by atoms with Gasteiger partial charge in [0.05, 0.1) is 12.3 Å². The van der Waals surface area contributed by atoms with E-state index >= 15 is 0 Å². The molecule has 0 aliphatic carbocycles. The number of aromatic nitrogens is 4. The molecule has 3 rings (SSSR count). The number of rotatable bonds is 8. The molecular weight excluding hydrogens is 400 g/mol. The maximum Gasteiger partial charge on any atom is 0.275 e. The van der Waals surface area contributed by atoms with E-state index in [0.717, 1.165) is 11.5 Å². The highest BCUT2D eigenvalue weighted by Crippen LogP contribution is 2.21. The van der Waals surface area contributed by atoms with E-state index in [1.54, 1.807) is 18.2 Å². The van der Waals surface area contributed by atoms with Gasteiger partial charge in [0.1, 0.15) is 18.5 Å². The Morgan fingerprint density at radius 2 is 2.28 bits per heavy atom. The Labute approximate surface area is 172 Å². The normalized spacial score (nSPS) is 17.3. The van der Waals surface area contributed by atoms with Crippen molar-refractivity contribution in [3.8, 4) is 5.69 Å². The van der Waals surface area contributed by atoms with E-state index in [4.69, 9.17) is 16.4 Å². The molecule has 0 radical (unpaired) electrons. The van der Waals surface area contributed by atoms with E-state index in [1.165, 1.54) is 11.0 Å². The van der Waals surface area contributed by atoms with Gasteiger partial charge >= 0.3 is 0 Å². The highest BCUT2D eigenvalue weighted by atomic mass is 35.5. The molecule has 2 N–H and O–H groups in total. The number of hydrogen-bond donors (Lipinski definition) is 2. The van der Waals surface area contributed by atoms with E-state index < -0.39 is 18.1 Å². The van der Waals surface area contributed by atoms with Crippen molar-refractivity contribution in [1.29, 1.82) is 0 Å². The minimum atomic E-state index is -1.18. The Morgan fingerprint density at radius 1 is 1.45 bits per heavy atom. The predicted molar refractivity (Wildman–Crippen MR) is 103 cm³/mol. The Hall–Kier alpha value is -2.56. The van der Waals surface area contributed by atoms with Crippen LogP contribution in [0.15, 0.2) is 24.5 Å². The van der Waals surface area contributed by atoms with Crippen molar-refractivity contribution in [2.45, 2.75) is 51.3 Å². The summed E-state index contributed by atoms with van der Waals surface area (Å²) in [7, 11) is 0. The first kappa shape index (κ1) is 21.2. The number of hydroxylamine groups is 2. The van der Waals surface area contributed by atoms with Crippen molar-refractivity contribution in [3.05, 3.63) is 35.1 Å². The van der Waals surface area contributed by atoms with E-state index in [0.29, 0.717) is 35.5 Å². The molecule has 1 aliphatic heterocycles. The van der Waals surface area contributed by atoms with Crippen LogP contribution in [0.4, 0.5) is 0 Å². The number of nitrogens with one attached hydrogen (secondary N) is 1. The zero-order valence-corrected chi connectivity index (χ0v) is 16.7. The van der Waals surface area contributed by atoms with E-state index in [-0.39, 0.29) is 19.1 Å². The Morgan fingerprint density at radius 3 is 3.00 bits per heavy atom. The molecule has 10 nitrogen and oxygen atoms in total. The molecule has 0 bridgehead atoms. The zero-order valence-electron chi connectivity index (χ0n) is 16.0. The third-order valence-corrected chi connectivity index (χ3v) is 4.87. The molecule has 2 heterocycles. The first-order chi connectivity index (χ1) is 14.0. The third-order valence-electron chi connectivity index (χ3n) is 4.63. The Bertz CT molecular complexity index is 847. The van der Waals surface area contributed by atoms with Crippen LogP contribution in [0.25, 0.3) is 5.69 Å². The maximum absolute atomic E-state index is 12.7. The zero-order chi connectivity index (χ0) is 20.8. The number of benzene rings is 1. The van der Waals surface area contributed by atoms with Crippen LogP contribution in [0.3, 0.4) is 0 Å². The molecule has 1 saturated heterocycles. The van der Waals surface area contributed by atoms with Gasteiger partial charge in [0.2, 0.25) is 5.91 Å². The number of nitrogens with zero attached hydrogens (tertiary/aromatic N) is 5. The number of unbranched alkanes of at least 4 members (excludes halogenated alkanes) is 1. The standard InChI is InChI=1S/C18H23ClN6O4/c1-2-3-4-16(26)18(28)25-15(7-8-29-25)17(27)20-10-12-9-13(19)5-6-14(12)24-11-21-22-23-24/h5-6,9,11,15-16,26H,2-4,7-8,10H2,1H3,(H,20,27)/t15-,16+/m0/s1. The first-order valence-electron chi connectivity index (χ1n) is 9.44. The second-order valence-corrected chi connectivity index (χ2v) is 7.14. The van der Waals surface area contributed by atoms with Gasteiger partial charge in [-0.1, -0.05) is 31.4 Å². The fourth-order valence-corrected chi connectivity index (χ4v) is 3.28. The van der Waals surface area contributed by atoms with Crippen molar-refractivity contribution in [1.82, 2.24) is 30.6 Å². The largest absolute Gasteiger partial charge is 0.383 e. The number of carbonyl (C=O) groups is 2. The average Bonchev–Trinajstić information content (AvgIpc) is 3.41. The molecule has 156 valence electrons. The minimum Gasteiger partial charge on any atom is -0.383 e. The van der Waals surface area contributed by atoms with Crippen LogP contribution >= 0.6 is 11.6 Å². The number of amides is 2. The molecule has 1 aromatic heterocycles. The number of tetrazole rings is 1. The molecule has 0 spiro atoms. The monoisotopic (exact) mass is 422 g/mol. The molecule has 1 aliphatic rings. The number of aliphatic hydroxyl groups is 1. The molecule has 0 saturated carbocycles. The predicted octanol–water partition coefficient (Wildman–Crippen LogP) is 1.02. The Balaban J connectivity index is 1.66. The van der Waals surface area contributed by atoms with E-state index in [1.807, 2.05) is 6.92 Å². The van der Waals surface area contributed by atoms with Gasteiger partial charge in [-0.05, 0) is 40.6 Å². The maximum atomic E-state index is 12.7. The van der Waals surface area contributed by atoms with Crippen LogP contribution in [-0.4, -0.2) is 60.9 Å². The molecule has 29 heavy (non-hydrogen) atoms. The summed E-state index contributed by atoms with van der Waals surface area (Å²) in [6.07, 6.45) is 2.53. The number of hydrogen-bond acceptors (Lipinski definition) is 7. The van der Waals surface area contributed by atoms with Crippen LogP contribution in [-0.2, 0) is 21.0 Å². The molecule has 1 aromatic carbocycles. The van der Waals surface area contributed by atoms with Gasteiger partial charge in [0, 0.05) is 18.0 Å². The quantitative estimate of drug-likeness (QED) is 0.650. The van der Waals surface area contributed by atoms with Crippen molar-refractivity contribution >= 4 is 23.4 Å². The van der Waals surface area contributed by atoms with Crippen LogP contribution < -0.4 is 5.32 Å². The van der Waals surface area contributed by atoms with Gasteiger partial charge in [0.25, 0.3) is 5.91 Å². The molecular formula is C18H23ClN6O4. The molecule has 2 aromatic rings. The second-order valence-electron chi connectivity index (χ2n) is 6.70. The van der Waals surface area contributed by atoms with Gasteiger partial charge in [-0.15, -0.1) is 5.10 Å². The fourth-order valence-electron chi connectivity index (χ4n) is 3.08. The van der Waals surface area contributed by atoms with Crippen LogP contribution in [0.5, 0.6) is 0 Å². The van der Waals surface area contributed by atoms with Crippen molar-refractivity contribution < 1.29 is 19.5 Å². The minimum absolute atomic E-state index is 0.158. The van der Waals surface area contributed by atoms with Crippen molar-refractivity contribution in [2.24, 2.45) is 0 Å². The highest BCUT2D eigenvalue weighted by molar-refractivity contribution is 6.30. The summed E-state index contributed by atoms with van der Waals surface area (Å²) in [6.45, 7) is 2.36. The number of halogens is 1. The van der Waals surface area contributed by atoms with Crippen molar-refractivity contribution in [2.75, 3.05) is 6.61 Å².